The molecule has 0 bridgehead atoms. The third kappa shape index (κ3) is 2.97. The summed E-state index contributed by atoms with van der Waals surface area (Å²) in [7, 11) is 3.55. The number of aromatic nitrogens is 3. The molecule has 100 valence electrons. The van der Waals surface area contributed by atoms with Crippen molar-refractivity contribution in [2.24, 2.45) is 7.05 Å². The topological polar surface area (TPSA) is 71.2 Å². The maximum absolute atomic E-state index is 11.5. The van der Waals surface area contributed by atoms with E-state index >= 15 is 0 Å². The third-order valence-corrected chi connectivity index (χ3v) is 2.99. The van der Waals surface area contributed by atoms with Crippen molar-refractivity contribution in [2.75, 3.05) is 7.05 Å². The second kappa shape index (κ2) is 5.62. The van der Waals surface area contributed by atoms with E-state index in [2.05, 4.69) is 10.1 Å². The van der Waals surface area contributed by atoms with E-state index in [1.54, 1.807) is 23.7 Å². The number of rotatable bonds is 5. The highest BCUT2D eigenvalue weighted by Gasteiger charge is 2.25. The smallest absolute Gasteiger partial charge is 0.325 e. The van der Waals surface area contributed by atoms with Crippen LogP contribution in [0.25, 0.3) is 0 Å². The first-order valence-corrected chi connectivity index (χ1v) is 5.90. The van der Waals surface area contributed by atoms with Crippen LogP contribution in [0.1, 0.15) is 17.4 Å². The predicted molar refractivity (Wildman–Crippen MR) is 69.3 cm³/mol. The van der Waals surface area contributed by atoms with Crippen LogP contribution >= 0.6 is 0 Å². The van der Waals surface area contributed by atoms with Gasteiger partial charge in [0.25, 0.3) is 0 Å². The lowest BCUT2D eigenvalue weighted by atomic mass is 10.1. The van der Waals surface area contributed by atoms with Crippen molar-refractivity contribution < 1.29 is 9.90 Å². The van der Waals surface area contributed by atoms with E-state index in [-0.39, 0.29) is 0 Å². The first-order valence-electron chi connectivity index (χ1n) is 5.90. The normalized spacial score (nSPS) is 12.6. The highest BCUT2D eigenvalue weighted by Crippen LogP contribution is 2.20. The fourth-order valence-electron chi connectivity index (χ4n) is 2.00. The van der Waals surface area contributed by atoms with Crippen molar-refractivity contribution in [3.8, 4) is 0 Å². The number of carbonyl (C=O) groups is 1. The molecule has 6 heteroatoms. The molecule has 0 saturated carbocycles. The van der Waals surface area contributed by atoms with Crippen molar-refractivity contribution in [3.63, 3.8) is 0 Å². The van der Waals surface area contributed by atoms with Crippen molar-refractivity contribution in [2.45, 2.75) is 12.6 Å². The number of hydrogen-bond donors (Lipinski definition) is 1. The van der Waals surface area contributed by atoms with Crippen LogP contribution in [-0.2, 0) is 18.4 Å². The van der Waals surface area contributed by atoms with Crippen molar-refractivity contribution in [1.82, 2.24) is 19.7 Å². The second-order valence-electron chi connectivity index (χ2n) is 4.37. The largest absolute Gasteiger partial charge is 0.480 e. The molecule has 6 nitrogen and oxygen atoms in total. The van der Waals surface area contributed by atoms with E-state index in [0.29, 0.717) is 6.54 Å². The van der Waals surface area contributed by atoms with Crippen LogP contribution < -0.4 is 0 Å². The summed E-state index contributed by atoms with van der Waals surface area (Å²) in [4.78, 5) is 17.3. The van der Waals surface area contributed by atoms with Crippen LogP contribution in [-0.4, -0.2) is 37.8 Å². The summed E-state index contributed by atoms with van der Waals surface area (Å²) in [5.74, 6) is -0.152. The molecule has 0 radical (unpaired) electrons. The van der Waals surface area contributed by atoms with Gasteiger partial charge in [-0.3, -0.25) is 14.4 Å². The van der Waals surface area contributed by atoms with E-state index in [0.717, 1.165) is 11.4 Å². The number of aliphatic carboxylic acids is 1. The first-order chi connectivity index (χ1) is 9.09. The van der Waals surface area contributed by atoms with Crippen LogP contribution in [0.3, 0.4) is 0 Å². The van der Waals surface area contributed by atoms with E-state index in [4.69, 9.17) is 0 Å². The molecule has 1 atom stereocenters. The van der Waals surface area contributed by atoms with Gasteiger partial charge in [-0.05, 0) is 12.6 Å². The van der Waals surface area contributed by atoms with Crippen molar-refractivity contribution >= 4 is 5.97 Å². The Morgan fingerprint density at radius 1 is 1.42 bits per heavy atom. The zero-order valence-corrected chi connectivity index (χ0v) is 10.9. The Labute approximate surface area is 111 Å². The fraction of sp³-hybridized carbons (Fsp3) is 0.308. The number of likely N-dealkylation sites (N-methyl/N-ethyl adjacent to an activating group) is 1. The lowest BCUT2D eigenvalue weighted by molar-refractivity contribution is -0.143. The van der Waals surface area contributed by atoms with Crippen LogP contribution in [0, 0.1) is 0 Å². The lowest BCUT2D eigenvalue weighted by Gasteiger charge is -2.24. The summed E-state index contributed by atoms with van der Waals surface area (Å²) >= 11 is 0. The van der Waals surface area contributed by atoms with Gasteiger partial charge >= 0.3 is 5.97 Å². The molecule has 0 aliphatic heterocycles. The molecule has 0 fully saturated rings. The summed E-state index contributed by atoms with van der Waals surface area (Å²) in [5, 5.41) is 13.4. The van der Waals surface area contributed by atoms with E-state index in [1.807, 2.05) is 30.3 Å². The van der Waals surface area contributed by atoms with Crippen LogP contribution in [0.15, 0.2) is 36.7 Å². The Morgan fingerprint density at radius 3 is 2.63 bits per heavy atom. The Bertz CT molecular complexity index is 553. The van der Waals surface area contributed by atoms with Gasteiger partial charge in [0.15, 0.2) is 0 Å². The first kappa shape index (κ1) is 13.2. The van der Waals surface area contributed by atoms with Gasteiger partial charge in [-0.25, -0.2) is 4.98 Å². The molecule has 1 aromatic heterocycles. The predicted octanol–water partition coefficient (Wildman–Crippen LogP) is 1.07. The number of aryl methyl sites for hydroxylation is 1. The molecule has 2 aromatic rings. The van der Waals surface area contributed by atoms with Gasteiger partial charge in [-0.15, -0.1) is 0 Å². The summed E-state index contributed by atoms with van der Waals surface area (Å²) in [6.45, 7) is 0.419. The Kier molecular flexibility index (Phi) is 3.91. The van der Waals surface area contributed by atoms with E-state index < -0.39 is 12.0 Å². The molecule has 0 aliphatic carbocycles. The minimum absolute atomic E-state index is 0.419. The summed E-state index contributed by atoms with van der Waals surface area (Å²) in [6.07, 6.45) is 1.46. The van der Waals surface area contributed by atoms with Gasteiger partial charge in [0.2, 0.25) is 0 Å². The molecule has 2 rings (SSSR count). The highest BCUT2D eigenvalue weighted by atomic mass is 16.4. The van der Waals surface area contributed by atoms with Crippen molar-refractivity contribution in [1.29, 1.82) is 0 Å². The number of benzene rings is 1. The summed E-state index contributed by atoms with van der Waals surface area (Å²) in [6, 6.07) is 8.46. The quantitative estimate of drug-likeness (QED) is 0.870. The minimum Gasteiger partial charge on any atom is -0.480 e. The molecule has 1 aromatic carbocycles. The van der Waals surface area contributed by atoms with Gasteiger partial charge in [-0.1, -0.05) is 30.3 Å². The van der Waals surface area contributed by atoms with E-state index in [1.165, 1.54) is 6.33 Å². The van der Waals surface area contributed by atoms with Gasteiger partial charge < -0.3 is 5.11 Å². The lowest BCUT2D eigenvalue weighted by Crippen LogP contribution is -2.31. The fourth-order valence-corrected chi connectivity index (χ4v) is 2.00. The standard InChI is InChI=1S/C13H16N4O2/c1-16(8-11-14-9-15-17(11)2)12(13(18)19)10-6-4-3-5-7-10/h3-7,9,12H,8H2,1-2H3,(H,18,19). The van der Waals surface area contributed by atoms with Crippen molar-refractivity contribution in [3.05, 3.63) is 48.0 Å². The zero-order valence-electron chi connectivity index (χ0n) is 10.9. The maximum Gasteiger partial charge on any atom is 0.325 e. The number of carboxylic acid groups (broad SMARTS) is 1. The molecule has 0 saturated heterocycles. The molecule has 0 amide bonds. The molecule has 1 unspecified atom stereocenters. The Hall–Kier alpha value is -2.21. The van der Waals surface area contributed by atoms with Crippen LogP contribution in [0.2, 0.25) is 0 Å². The molecule has 0 spiro atoms. The average molecular weight is 260 g/mol. The van der Waals surface area contributed by atoms with Gasteiger partial charge in [0.05, 0.1) is 6.54 Å². The summed E-state index contributed by atoms with van der Waals surface area (Å²) < 4.78 is 1.64. The Morgan fingerprint density at radius 2 is 2.11 bits per heavy atom. The highest BCUT2D eigenvalue weighted by molar-refractivity contribution is 5.75. The molecular weight excluding hydrogens is 244 g/mol. The van der Waals surface area contributed by atoms with Gasteiger partial charge in [-0.2, -0.15) is 5.10 Å². The van der Waals surface area contributed by atoms with Crippen LogP contribution in [0.4, 0.5) is 0 Å². The maximum atomic E-state index is 11.5. The SMILES string of the molecule is CN(Cc1ncnn1C)C(C(=O)O)c1ccccc1. The van der Waals surface area contributed by atoms with E-state index in [9.17, 15) is 9.90 Å². The summed E-state index contributed by atoms with van der Waals surface area (Å²) in [5.41, 5.74) is 0.750. The molecule has 1 N–H and O–H groups in total. The molecule has 19 heavy (non-hydrogen) atoms. The molecular formula is C13H16N4O2. The minimum atomic E-state index is -0.879. The van der Waals surface area contributed by atoms with Gasteiger partial charge in [0, 0.05) is 7.05 Å². The van der Waals surface area contributed by atoms with Crippen LogP contribution in [0.5, 0.6) is 0 Å². The molecule has 1 heterocycles. The monoisotopic (exact) mass is 260 g/mol. The van der Waals surface area contributed by atoms with Gasteiger partial charge in [0.1, 0.15) is 18.2 Å². The number of nitrogens with zero attached hydrogens (tertiary/aromatic N) is 4. The number of carboxylic acids is 1. The number of hydrogen-bond acceptors (Lipinski definition) is 4. The third-order valence-electron chi connectivity index (χ3n) is 2.99. The average Bonchev–Trinajstić information content (AvgIpc) is 2.76. The second-order valence-corrected chi connectivity index (χ2v) is 4.37. The zero-order chi connectivity index (χ0) is 13.8. The Balaban J connectivity index is 2.21. The molecule has 0 aliphatic rings.